The summed E-state index contributed by atoms with van der Waals surface area (Å²) in [5.74, 6) is 0.735. The second-order valence-corrected chi connectivity index (χ2v) is 8.11. The van der Waals surface area contributed by atoms with Crippen molar-refractivity contribution in [3.63, 3.8) is 0 Å². The summed E-state index contributed by atoms with van der Waals surface area (Å²) in [6, 6.07) is 0. The second-order valence-electron chi connectivity index (χ2n) is 8.11. The van der Waals surface area contributed by atoms with Gasteiger partial charge >= 0.3 is 11.9 Å². The Hall–Kier alpha value is -1.58. The molecule has 0 aromatic heterocycles. The topological polar surface area (TPSA) is 52.6 Å². The smallest absolute Gasteiger partial charge is 0.308 e. The van der Waals surface area contributed by atoms with Gasteiger partial charge in [0, 0.05) is 0 Å². The predicted octanol–water partition coefficient (Wildman–Crippen LogP) is 4.59. The summed E-state index contributed by atoms with van der Waals surface area (Å²) in [6.45, 7) is 1.09. The normalized spacial score (nSPS) is 31.4. The summed E-state index contributed by atoms with van der Waals surface area (Å²) in [7, 11) is 0. The third-order valence-corrected chi connectivity index (χ3v) is 6.07. The van der Waals surface area contributed by atoms with Crippen LogP contribution in [-0.4, -0.2) is 25.2 Å². The number of carbonyl (C=O) groups is 2. The fourth-order valence-corrected chi connectivity index (χ4v) is 4.22. The number of esters is 2. The Morgan fingerprint density at radius 2 is 1.08 bits per heavy atom. The van der Waals surface area contributed by atoms with Gasteiger partial charge in [-0.3, -0.25) is 9.59 Å². The molecule has 2 unspecified atom stereocenters. The van der Waals surface area contributed by atoms with Gasteiger partial charge in [0.25, 0.3) is 0 Å². The molecule has 3 aliphatic rings. The van der Waals surface area contributed by atoms with Gasteiger partial charge in [-0.1, -0.05) is 24.3 Å². The molecular weight excluding hydrogens is 328 g/mol. The lowest BCUT2D eigenvalue weighted by Crippen LogP contribution is -2.30. The van der Waals surface area contributed by atoms with E-state index in [1.54, 1.807) is 0 Å². The van der Waals surface area contributed by atoms with Crippen molar-refractivity contribution in [2.45, 2.75) is 64.2 Å². The molecule has 1 saturated carbocycles. The number of rotatable bonds is 6. The molecule has 3 aliphatic carbocycles. The minimum atomic E-state index is -0.0691. The van der Waals surface area contributed by atoms with Crippen molar-refractivity contribution >= 4 is 11.9 Å². The van der Waals surface area contributed by atoms with Gasteiger partial charge in [-0.15, -0.1) is 0 Å². The van der Waals surface area contributed by atoms with E-state index >= 15 is 0 Å². The number of carbonyl (C=O) groups excluding carboxylic acids is 2. The van der Waals surface area contributed by atoms with Crippen LogP contribution >= 0.6 is 0 Å². The molecule has 4 heteroatoms. The van der Waals surface area contributed by atoms with Crippen LogP contribution in [0.2, 0.25) is 0 Å². The first-order valence-corrected chi connectivity index (χ1v) is 10.4. The van der Waals surface area contributed by atoms with Crippen molar-refractivity contribution in [1.29, 1.82) is 0 Å². The Morgan fingerprint density at radius 1 is 0.654 bits per heavy atom. The maximum atomic E-state index is 12.3. The maximum Gasteiger partial charge on any atom is 0.308 e. The molecule has 0 spiro atoms. The molecule has 0 aromatic carbocycles. The molecule has 0 saturated heterocycles. The number of hydrogen-bond acceptors (Lipinski definition) is 4. The highest BCUT2D eigenvalue weighted by atomic mass is 16.5. The molecule has 0 bridgehead atoms. The molecule has 1 fully saturated rings. The number of hydrogen-bond donors (Lipinski definition) is 0. The Morgan fingerprint density at radius 3 is 1.42 bits per heavy atom. The first-order chi connectivity index (χ1) is 12.7. The molecule has 2 atom stereocenters. The monoisotopic (exact) mass is 360 g/mol. The summed E-state index contributed by atoms with van der Waals surface area (Å²) < 4.78 is 11.1. The lowest BCUT2D eigenvalue weighted by atomic mass is 9.82. The van der Waals surface area contributed by atoms with Crippen LogP contribution in [0.15, 0.2) is 24.3 Å². The summed E-state index contributed by atoms with van der Waals surface area (Å²) in [6.07, 6.45) is 18.2. The van der Waals surface area contributed by atoms with Gasteiger partial charge in [-0.2, -0.15) is 0 Å². The lowest BCUT2D eigenvalue weighted by Gasteiger charge is -2.27. The fourth-order valence-electron chi connectivity index (χ4n) is 4.22. The highest BCUT2D eigenvalue weighted by Crippen LogP contribution is 2.31. The minimum absolute atomic E-state index is 0.0401. The van der Waals surface area contributed by atoms with Crippen LogP contribution in [0.5, 0.6) is 0 Å². The molecule has 0 radical (unpaired) electrons. The quantitative estimate of drug-likeness (QED) is 0.513. The van der Waals surface area contributed by atoms with E-state index in [9.17, 15) is 9.59 Å². The summed E-state index contributed by atoms with van der Waals surface area (Å²) >= 11 is 0. The van der Waals surface area contributed by atoms with Crippen LogP contribution in [0.4, 0.5) is 0 Å². The van der Waals surface area contributed by atoms with E-state index in [0.29, 0.717) is 25.0 Å². The van der Waals surface area contributed by atoms with E-state index in [1.165, 1.54) is 0 Å². The highest BCUT2D eigenvalue weighted by Gasteiger charge is 2.32. The van der Waals surface area contributed by atoms with Gasteiger partial charge < -0.3 is 9.47 Å². The zero-order valence-corrected chi connectivity index (χ0v) is 15.7. The van der Waals surface area contributed by atoms with Crippen molar-refractivity contribution in [2.24, 2.45) is 23.7 Å². The Bertz CT molecular complexity index is 480. The molecule has 144 valence electrons. The summed E-state index contributed by atoms with van der Waals surface area (Å²) in [5.41, 5.74) is 0. The van der Waals surface area contributed by atoms with Crippen molar-refractivity contribution in [3.8, 4) is 0 Å². The summed E-state index contributed by atoms with van der Waals surface area (Å²) in [4.78, 5) is 24.6. The second kappa shape index (κ2) is 9.94. The average molecular weight is 360 g/mol. The van der Waals surface area contributed by atoms with Gasteiger partial charge in [-0.05, 0) is 76.0 Å². The van der Waals surface area contributed by atoms with Gasteiger partial charge in [0.05, 0.1) is 25.0 Å². The zero-order chi connectivity index (χ0) is 18.2. The van der Waals surface area contributed by atoms with E-state index in [0.717, 1.165) is 64.2 Å². The van der Waals surface area contributed by atoms with E-state index in [4.69, 9.17) is 9.47 Å². The first kappa shape index (κ1) is 19.2. The van der Waals surface area contributed by atoms with Crippen molar-refractivity contribution in [1.82, 2.24) is 0 Å². The van der Waals surface area contributed by atoms with E-state index < -0.39 is 0 Å². The van der Waals surface area contributed by atoms with Crippen LogP contribution < -0.4 is 0 Å². The van der Waals surface area contributed by atoms with Crippen molar-refractivity contribution < 1.29 is 19.1 Å². The van der Waals surface area contributed by atoms with Crippen LogP contribution in [0, 0.1) is 23.7 Å². The lowest BCUT2D eigenvalue weighted by molar-refractivity contribution is -0.156. The molecule has 4 nitrogen and oxygen atoms in total. The van der Waals surface area contributed by atoms with E-state index in [-0.39, 0.29) is 23.8 Å². The minimum Gasteiger partial charge on any atom is -0.465 e. The molecule has 0 aliphatic heterocycles. The van der Waals surface area contributed by atoms with Gasteiger partial charge in [0.1, 0.15) is 0 Å². The van der Waals surface area contributed by atoms with Crippen molar-refractivity contribution in [3.05, 3.63) is 24.3 Å². The largest absolute Gasteiger partial charge is 0.465 e. The fraction of sp³-hybridized carbons (Fsp3) is 0.727. The third-order valence-electron chi connectivity index (χ3n) is 6.07. The van der Waals surface area contributed by atoms with Crippen LogP contribution in [0.25, 0.3) is 0 Å². The van der Waals surface area contributed by atoms with Crippen molar-refractivity contribution in [2.75, 3.05) is 13.2 Å². The molecule has 3 rings (SSSR count). The van der Waals surface area contributed by atoms with Crippen LogP contribution in [-0.2, 0) is 19.1 Å². The molecule has 0 N–H and O–H groups in total. The molecular formula is C22H32O4. The van der Waals surface area contributed by atoms with Crippen LogP contribution in [0.3, 0.4) is 0 Å². The van der Waals surface area contributed by atoms with E-state index in [2.05, 4.69) is 24.3 Å². The Balaban J connectivity index is 1.32. The van der Waals surface area contributed by atoms with Gasteiger partial charge in [0.15, 0.2) is 0 Å². The summed E-state index contributed by atoms with van der Waals surface area (Å²) in [5, 5.41) is 0. The highest BCUT2D eigenvalue weighted by molar-refractivity contribution is 5.75. The molecule has 26 heavy (non-hydrogen) atoms. The Labute approximate surface area is 157 Å². The zero-order valence-electron chi connectivity index (χ0n) is 15.7. The van der Waals surface area contributed by atoms with Gasteiger partial charge in [-0.25, -0.2) is 0 Å². The number of allylic oxidation sites excluding steroid dienone is 4. The van der Waals surface area contributed by atoms with E-state index in [1.807, 2.05) is 0 Å². The standard InChI is InChI=1S/C22H32O4/c23-21(25-15-17-7-3-1-4-8-17)19-11-13-20(14-12-19)22(24)26-16-18-9-5-2-6-10-18/h1-3,5,17-20H,4,6-16H2. The van der Waals surface area contributed by atoms with Crippen LogP contribution in [0.1, 0.15) is 64.2 Å². The number of ether oxygens (including phenoxy) is 2. The average Bonchev–Trinajstić information content (AvgIpc) is 2.72. The predicted molar refractivity (Wildman–Crippen MR) is 100 cm³/mol. The Kier molecular flexibility index (Phi) is 7.33. The third kappa shape index (κ3) is 5.72. The van der Waals surface area contributed by atoms with Gasteiger partial charge in [0.2, 0.25) is 0 Å². The maximum absolute atomic E-state index is 12.3. The first-order valence-electron chi connectivity index (χ1n) is 10.4. The molecule has 0 aromatic rings. The molecule has 0 heterocycles. The molecule has 0 amide bonds. The SMILES string of the molecule is O=C(OCC1CC=CCC1)C1CCC(C(=O)OCC2CC=CCC2)CC1.